The Morgan fingerprint density at radius 2 is 2.28 bits per heavy atom. The fourth-order valence-electron chi connectivity index (χ4n) is 1.94. The van der Waals surface area contributed by atoms with Gasteiger partial charge in [0.2, 0.25) is 11.8 Å². The summed E-state index contributed by atoms with van der Waals surface area (Å²) >= 11 is 3.43. The van der Waals surface area contributed by atoms with E-state index >= 15 is 0 Å². The molecule has 94 valence electrons. The molecule has 2 heterocycles. The van der Waals surface area contributed by atoms with Gasteiger partial charge >= 0.3 is 0 Å². The summed E-state index contributed by atoms with van der Waals surface area (Å²) in [6.45, 7) is 1.33. The maximum atomic E-state index is 5.85. The number of nitrogens with zero attached hydrogens (tertiary/aromatic N) is 2. The Balaban J connectivity index is 2.05. The Labute approximate surface area is 112 Å². The van der Waals surface area contributed by atoms with E-state index in [-0.39, 0.29) is 12.1 Å². The van der Waals surface area contributed by atoms with Gasteiger partial charge in [0.05, 0.1) is 24.1 Å². The minimum Gasteiger partial charge on any atom is -0.471 e. The molecule has 0 radical (unpaired) electrons. The van der Waals surface area contributed by atoms with Crippen LogP contribution < -0.4 is 10.5 Å². The number of fused-ring (bicyclic) bond motifs is 1. The Hall–Kier alpha value is -1.40. The highest BCUT2D eigenvalue weighted by Gasteiger charge is 2.19. The van der Waals surface area contributed by atoms with Gasteiger partial charge < -0.3 is 15.2 Å². The van der Waals surface area contributed by atoms with Crippen molar-refractivity contribution < 1.29 is 9.47 Å². The third-order valence-electron chi connectivity index (χ3n) is 2.81. The molecule has 1 aromatic carbocycles. The lowest BCUT2D eigenvalue weighted by molar-refractivity contribution is 0.139. The normalized spacial score (nSPS) is 19.3. The van der Waals surface area contributed by atoms with Crippen molar-refractivity contribution in [1.29, 1.82) is 0 Å². The Morgan fingerprint density at radius 3 is 3.06 bits per heavy atom. The molecule has 2 N–H and O–H groups in total. The average molecular weight is 310 g/mol. The molecule has 1 aliphatic heterocycles. The molecular formula is C12H12BrN3O2. The van der Waals surface area contributed by atoms with Gasteiger partial charge in [-0.25, -0.2) is 4.98 Å². The summed E-state index contributed by atoms with van der Waals surface area (Å²) in [6.07, 6.45) is 0.917. The first kappa shape index (κ1) is 11.7. The van der Waals surface area contributed by atoms with Crippen molar-refractivity contribution in [2.24, 2.45) is 0 Å². The zero-order chi connectivity index (χ0) is 12.5. The van der Waals surface area contributed by atoms with Crippen LogP contribution in [0.1, 0.15) is 6.42 Å². The molecule has 1 unspecified atom stereocenters. The molecule has 1 aliphatic rings. The van der Waals surface area contributed by atoms with E-state index in [1.54, 1.807) is 0 Å². The Kier molecular flexibility index (Phi) is 3.05. The van der Waals surface area contributed by atoms with Crippen LogP contribution in [0.4, 0.5) is 5.95 Å². The number of aromatic nitrogens is 2. The van der Waals surface area contributed by atoms with Crippen molar-refractivity contribution in [3.05, 3.63) is 22.7 Å². The molecule has 1 aromatic heterocycles. The van der Waals surface area contributed by atoms with E-state index in [0.29, 0.717) is 12.5 Å². The summed E-state index contributed by atoms with van der Waals surface area (Å²) in [5.74, 6) is 0.744. The van der Waals surface area contributed by atoms with Gasteiger partial charge in [0, 0.05) is 10.9 Å². The van der Waals surface area contributed by atoms with Crippen LogP contribution in [-0.4, -0.2) is 29.3 Å². The lowest BCUT2D eigenvalue weighted by atomic mass is 10.2. The number of hydrogen-bond donors (Lipinski definition) is 1. The first-order chi connectivity index (χ1) is 8.72. The zero-order valence-corrected chi connectivity index (χ0v) is 11.2. The molecule has 1 atom stereocenters. The van der Waals surface area contributed by atoms with Gasteiger partial charge in [-0.05, 0) is 18.2 Å². The molecule has 6 heteroatoms. The Bertz CT molecular complexity index is 585. The molecule has 1 saturated heterocycles. The van der Waals surface area contributed by atoms with E-state index in [4.69, 9.17) is 15.2 Å². The van der Waals surface area contributed by atoms with Crippen molar-refractivity contribution in [2.75, 3.05) is 18.9 Å². The summed E-state index contributed by atoms with van der Waals surface area (Å²) in [4.78, 5) is 8.36. The highest BCUT2D eigenvalue weighted by Crippen LogP contribution is 2.28. The van der Waals surface area contributed by atoms with Gasteiger partial charge in [-0.1, -0.05) is 15.9 Å². The van der Waals surface area contributed by atoms with Crippen LogP contribution in [-0.2, 0) is 4.74 Å². The number of halogens is 1. The van der Waals surface area contributed by atoms with Crippen LogP contribution in [0.3, 0.4) is 0 Å². The maximum absolute atomic E-state index is 5.85. The van der Waals surface area contributed by atoms with Gasteiger partial charge in [-0.15, -0.1) is 0 Å². The fourth-order valence-corrected chi connectivity index (χ4v) is 2.30. The standard InChI is InChI=1S/C12H12BrN3O2/c13-7-1-2-10-9(5-7)11(16-12(14)15-10)18-8-3-4-17-6-8/h1-2,5,8H,3-4,6H2,(H2,14,15,16). The molecule has 0 saturated carbocycles. The van der Waals surface area contributed by atoms with Crippen molar-refractivity contribution in [1.82, 2.24) is 9.97 Å². The smallest absolute Gasteiger partial charge is 0.226 e. The van der Waals surface area contributed by atoms with E-state index in [2.05, 4.69) is 25.9 Å². The molecule has 0 aliphatic carbocycles. The topological polar surface area (TPSA) is 70.3 Å². The predicted molar refractivity (Wildman–Crippen MR) is 71.5 cm³/mol. The van der Waals surface area contributed by atoms with Crippen LogP contribution in [0, 0.1) is 0 Å². The number of benzene rings is 1. The molecule has 0 bridgehead atoms. The quantitative estimate of drug-likeness (QED) is 0.920. The number of rotatable bonds is 2. The van der Waals surface area contributed by atoms with Crippen LogP contribution in [0.5, 0.6) is 5.88 Å². The van der Waals surface area contributed by atoms with Gasteiger partial charge in [-0.3, -0.25) is 0 Å². The zero-order valence-electron chi connectivity index (χ0n) is 9.60. The van der Waals surface area contributed by atoms with Crippen molar-refractivity contribution in [3.8, 4) is 5.88 Å². The minimum absolute atomic E-state index is 0.0430. The highest BCUT2D eigenvalue weighted by atomic mass is 79.9. The van der Waals surface area contributed by atoms with Crippen LogP contribution in [0.2, 0.25) is 0 Å². The summed E-state index contributed by atoms with van der Waals surface area (Å²) in [7, 11) is 0. The molecule has 3 rings (SSSR count). The molecule has 0 amide bonds. The van der Waals surface area contributed by atoms with E-state index < -0.39 is 0 Å². The van der Waals surface area contributed by atoms with E-state index in [1.165, 1.54) is 0 Å². The fraction of sp³-hybridized carbons (Fsp3) is 0.333. The lowest BCUT2D eigenvalue weighted by Gasteiger charge is -2.13. The third kappa shape index (κ3) is 2.26. The monoisotopic (exact) mass is 309 g/mol. The molecule has 1 fully saturated rings. The first-order valence-electron chi connectivity index (χ1n) is 5.69. The second kappa shape index (κ2) is 4.70. The number of anilines is 1. The van der Waals surface area contributed by atoms with E-state index in [0.717, 1.165) is 28.4 Å². The van der Waals surface area contributed by atoms with Crippen LogP contribution >= 0.6 is 15.9 Å². The van der Waals surface area contributed by atoms with Gasteiger partial charge in [-0.2, -0.15) is 4.98 Å². The van der Waals surface area contributed by atoms with Gasteiger partial charge in [0.1, 0.15) is 6.10 Å². The second-order valence-corrected chi connectivity index (χ2v) is 5.07. The predicted octanol–water partition coefficient (Wildman–Crippen LogP) is 2.14. The van der Waals surface area contributed by atoms with Crippen molar-refractivity contribution >= 4 is 32.8 Å². The SMILES string of the molecule is Nc1nc(OC2CCOC2)c2cc(Br)ccc2n1. The number of nitrogen functional groups attached to an aromatic ring is 1. The van der Waals surface area contributed by atoms with E-state index in [1.807, 2.05) is 18.2 Å². The second-order valence-electron chi connectivity index (χ2n) is 4.15. The first-order valence-corrected chi connectivity index (χ1v) is 6.49. The molecule has 0 spiro atoms. The molecule has 2 aromatic rings. The van der Waals surface area contributed by atoms with Gasteiger partial charge in [0.25, 0.3) is 0 Å². The maximum Gasteiger partial charge on any atom is 0.226 e. The number of hydrogen-bond acceptors (Lipinski definition) is 5. The van der Waals surface area contributed by atoms with Crippen LogP contribution in [0.25, 0.3) is 10.9 Å². The largest absolute Gasteiger partial charge is 0.471 e. The summed E-state index contributed by atoms with van der Waals surface area (Å²) < 4.78 is 12.1. The molecule has 18 heavy (non-hydrogen) atoms. The summed E-state index contributed by atoms with van der Waals surface area (Å²) in [6, 6.07) is 5.73. The minimum atomic E-state index is 0.0430. The van der Waals surface area contributed by atoms with Crippen LogP contribution in [0.15, 0.2) is 22.7 Å². The van der Waals surface area contributed by atoms with Gasteiger partial charge in [0.15, 0.2) is 0 Å². The molecular weight excluding hydrogens is 298 g/mol. The number of nitrogens with two attached hydrogens (primary N) is 1. The lowest BCUT2D eigenvalue weighted by Crippen LogP contribution is -2.17. The highest BCUT2D eigenvalue weighted by molar-refractivity contribution is 9.10. The molecule has 5 nitrogen and oxygen atoms in total. The van der Waals surface area contributed by atoms with E-state index in [9.17, 15) is 0 Å². The third-order valence-corrected chi connectivity index (χ3v) is 3.30. The Morgan fingerprint density at radius 1 is 1.39 bits per heavy atom. The summed E-state index contributed by atoms with van der Waals surface area (Å²) in [5.41, 5.74) is 6.47. The van der Waals surface area contributed by atoms with Crippen molar-refractivity contribution in [2.45, 2.75) is 12.5 Å². The van der Waals surface area contributed by atoms with Crippen molar-refractivity contribution in [3.63, 3.8) is 0 Å². The number of ether oxygens (including phenoxy) is 2. The summed E-state index contributed by atoms with van der Waals surface area (Å²) in [5, 5.41) is 0.852. The average Bonchev–Trinajstić information content (AvgIpc) is 2.83.